The van der Waals surface area contributed by atoms with Gasteiger partial charge in [-0.1, -0.05) is 25.1 Å². The second-order valence-electron chi connectivity index (χ2n) is 5.23. The number of hydrogen-bond acceptors (Lipinski definition) is 5. The predicted molar refractivity (Wildman–Crippen MR) is 84.4 cm³/mol. The van der Waals surface area contributed by atoms with E-state index < -0.39 is 9.84 Å². The average molecular weight is 312 g/mol. The summed E-state index contributed by atoms with van der Waals surface area (Å²) in [6, 6.07) is 8.02. The summed E-state index contributed by atoms with van der Waals surface area (Å²) in [5.74, 6) is 1.44. The van der Waals surface area contributed by atoms with Crippen LogP contribution in [0, 0.1) is 0 Å². The molecule has 6 heteroatoms. The SMILES string of the molecule is CCNCc1ccccc1OCCN1CCS(=O)(=O)CC1. The summed E-state index contributed by atoms with van der Waals surface area (Å²) >= 11 is 0. The van der Waals surface area contributed by atoms with E-state index in [-0.39, 0.29) is 11.5 Å². The first-order valence-corrected chi connectivity index (χ1v) is 9.27. The van der Waals surface area contributed by atoms with Crippen LogP contribution in [0.2, 0.25) is 0 Å². The number of sulfone groups is 1. The first-order valence-electron chi connectivity index (χ1n) is 7.45. The first-order chi connectivity index (χ1) is 10.1. The van der Waals surface area contributed by atoms with Gasteiger partial charge in [-0.2, -0.15) is 0 Å². The molecule has 0 bridgehead atoms. The summed E-state index contributed by atoms with van der Waals surface area (Å²) in [5.41, 5.74) is 1.15. The zero-order valence-corrected chi connectivity index (χ0v) is 13.4. The minimum Gasteiger partial charge on any atom is -0.492 e. The molecule has 118 valence electrons. The van der Waals surface area contributed by atoms with Gasteiger partial charge in [-0.25, -0.2) is 8.42 Å². The lowest BCUT2D eigenvalue weighted by atomic mass is 10.2. The largest absolute Gasteiger partial charge is 0.492 e. The molecule has 1 fully saturated rings. The molecule has 1 aromatic rings. The van der Waals surface area contributed by atoms with E-state index in [0.29, 0.717) is 19.7 Å². The van der Waals surface area contributed by atoms with Gasteiger partial charge in [-0.15, -0.1) is 0 Å². The molecule has 2 rings (SSSR count). The van der Waals surface area contributed by atoms with Crippen LogP contribution in [-0.2, 0) is 16.4 Å². The van der Waals surface area contributed by atoms with Gasteiger partial charge < -0.3 is 10.1 Å². The maximum atomic E-state index is 11.4. The van der Waals surface area contributed by atoms with E-state index in [9.17, 15) is 8.42 Å². The Morgan fingerprint density at radius 2 is 1.95 bits per heavy atom. The highest BCUT2D eigenvalue weighted by Gasteiger charge is 2.21. The van der Waals surface area contributed by atoms with Crippen molar-refractivity contribution >= 4 is 9.84 Å². The molecule has 5 nitrogen and oxygen atoms in total. The van der Waals surface area contributed by atoms with Crippen LogP contribution in [0.25, 0.3) is 0 Å². The van der Waals surface area contributed by atoms with Gasteiger partial charge >= 0.3 is 0 Å². The Morgan fingerprint density at radius 1 is 1.24 bits per heavy atom. The number of ether oxygens (including phenoxy) is 1. The smallest absolute Gasteiger partial charge is 0.152 e. The van der Waals surface area contributed by atoms with Crippen molar-refractivity contribution in [2.75, 3.05) is 44.3 Å². The van der Waals surface area contributed by atoms with Crippen molar-refractivity contribution in [3.8, 4) is 5.75 Å². The standard InChI is InChI=1S/C15H24N2O3S/c1-2-16-13-14-5-3-4-6-15(14)20-10-7-17-8-11-21(18,19)12-9-17/h3-6,16H,2,7-13H2,1H3. The number of nitrogens with zero attached hydrogens (tertiary/aromatic N) is 1. The van der Waals surface area contributed by atoms with Crippen LogP contribution < -0.4 is 10.1 Å². The third-order valence-electron chi connectivity index (χ3n) is 3.64. The van der Waals surface area contributed by atoms with Gasteiger partial charge in [0, 0.05) is 31.7 Å². The van der Waals surface area contributed by atoms with E-state index in [0.717, 1.165) is 30.9 Å². The van der Waals surface area contributed by atoms with Crippen molar-refractivity contribution in [1.29, 1.82) is 0 Å². The van der Waals surface area contributed by atoms with E-state index in [1.807, 2.05) is 18.2 Å². The Kier molecular flexibility index (Phi) is 6.02. The molecule has 0 atom stereocenters. The lowest BCUT2D eigenvalue weighted by Gasteiger charge is -2.26. The molecule has 1 heterocycles. The second-order valence-corrected chi connectivity index (χ2v) is 7.53. The quantitative estimate of drug-likeness (QED) is 0.811. The average Bonchev–Trinajstić information content (AvgIpc) is 2.48. The number of benzene rings is 1. The highest BCUT2D eigenvalue weighted by molar-refractivity contribution is 7.91. The van der Waals surface area contributed by atoms with Crippen LogP contribution in [-0.4, -0.2) is 57.6 Å². The molecule has 1 aromatic carbocycles. The van der Waals surface area contributed by atoms with Crippen LogP contribution >= 0.6 is 0 Å². The third-order valence-corrected chi connectivity index (χ3v) is 5.25. The predicted octanol–water partition coefficient (Wildman–Crippen LogP) is 0.905. The molecule has 1 N–H and O–H groups in total. The van der Waals surface area contributed by atoms with Crippen LogP contribution in [0.3, 0.4) is 0 Å². The van der Waals surface area contributed by atoms with Crippen LogP contribution in [0.4, 0.5) is 0 Å². The van der Waals surface area contributed by atoms with Gasteiger partial charge in [0.2, 0.25) is 0 Å². The highest BCUT2D eigenvalue weighted by Crippen LogP contribution is 2.17. The van der Waals surface area contributed by atoms with Crippen LogP contribution in [0.1, 0.15) is 12.5 Å². The summed E-state index contributed by atoms with van der Waals surface area (Å²) in [6.07, 6.45) is 0. The molecule has 0 unspecified atom stereocenters. The molecule has 1 aliphatic rings. The fourth-order valence-corrected chi connectivity index (χ4v) is 3.59. The Hall–Kier alpha value is -1.11. The lowest BCUT2D eigenvalue weighted by Crippen LogP contribution is -2.42. The first kappa shape index (κ1) is 16.3. The van der Waals surface area contributed by atoms with Crippen LogP contribution in [0.15, 0.2) is 24.3 Å². The van der Waals surface area contributed by atoms with Gasteiger partial charge in [0.05, 0.1) is 11.5 Å². The van der Waals surface area contributed by atoms with Gasteiger partial charge in [0.1, 0.15) is 12.4 Å². The Morgan fingerprint density at radius 3 is 2.67 bits per heavy atom. The van der Waals surface area contributed by atoms with Crippen molar-refractivity contribution in [3.63, 3.8) is 0 Å². The molecular formula is C15H24N2O3S. The molecule has 0 saturated carbocycles. The van der Waals surface area contributed by atoms with Crippen molar-refractivity contribution in [2.45, 2.75) is 13.5 Å². The number of hydrogen-bond donors (Lipinski definition) is 1. The second kappa shape index (κ2) is 7.77. The van der Waals surface area contributed by atoms with Crippen molar-refractivity contribution in [2.24, 2.45) is 0 Å². The number of rotatable bonds is 7. The molecule has 0 aromatic heterocycles. The Balaban J connectivity index is 1.78. The highest BCUT2D eigenvalue weighted by atomic mass is 32.2. The maximum absolute atomic E-state index is 11.4. The topological polar surface area (TPSA) is 58.6 Å². The van der Waals surface area contributed by atoms with Gasteiger partial charge in [-0.05, 0) is 12.6 Å². The maximum Gasteiger partial charge on any atom is 0.152 e. The zero-order valence-electron chi connectivity index (χ0n) is 12.5. The fraction of sp³-hybridized carbons (Fsp3) is 0.600. The summed E-state index contributed by atoms with van der Waals surface area (Å²) in [4.78, 5) is 2.15. The normalized spacial score (nSPS) is 18.5. The monoisotopic (exact) mass is 312 g/mol. The van der Waals surface area contributed by atoms with E-state index in [4.69, 9.17) is 4.74 Å². The molecule has 1 saturated heterocycles. The summed E-state index contributed by atoms with van der Waals surface area (Å²) in [7, 11) is -2.80. The van der Waals surface area contributed by atoms with Crippen molar-refractivity contribution in [3.05, 3.63) is 29.8 Å². The third kappa shape index (κ3) is 5.30. The van der Waals surface area contributed by atoms with Gasteiger partial charge in [0.25, 0.3) is 0 Å². The minimum absolute atomic E-state index is 0.268. The van der Waals surface area contributed by atoms with E-state index in [1.54, 1.807) is 0 Å². The molecule has 0 radical (unpaired) electrons. The summed E-state index contributed by atoms with van der Waals surface area (Å²) in [5, 5.41) is 3.30. The molecule has 0 aliphatic carbocycles. The van der Waals surface area contributed by atoms with Crippen molar-refractivity contribution in [1.82, 2.24) is 10.2 Å². The number of nitrogens with one attached hydrogen (secondary N) is 1. The summed E-state index contributed by atoms with van der Waals surface area (Å²) in [6.45, 7) is 6.39. The molecule has 1 aliphatic heterocycles. The summed E-state index contributed by atoms with van der Waals surface area (Å²) < 4.78 is 28.6. The number of para-hydroxylation sites is 1. The van der Waals surface area contributed by atoms with E-state index in [2.05, 4.69) is 23.2 Å². The molecular weight excluding hydrogens is 288 g/mol. The lowest BCUT2D eigenvalue weighted by molar-refractivity contribution is 0.218. The molecule has 21 heavy (non-hydrogen) atoms. The van der Waals surface area contributed by atoms with Gasteiger partial charge in [-0.3, -0.25) is 4.90 Å². The van der Waals surface area contributed by atoms with Crippen molar-refractivity contribution < 1.29 is 13.2 Å². The minimum atomic E-state index is -2.80. The van der Waals surface area contributed by atoms with Crippen LogP contribution in [0.5, 0.6) is 5.75 Å². The molecule has 0 amide bonds. The zero-order chi connectivity index (χ0) is 15.1. The molecule has 0 spiro atoms. The van der Waals surface area contributed by atoms with E-state index in [1.165, 1.54) is 0 Å². The van der Waals surface area contributed by atoms with E-state index >= 15 is 0 Å². The fourth-order valence-electron chi connectivity index (χ4n) is 2.31. The Labute approximate surface area is 127 Å². The Bertz CT molecular complexity index is 532. The van der Waals surface area contributed by atoms with Gasteiger partial charge in [0.15, 0.2) is 9.84 Å².